The van der Waals surface area contributed by atoms with E-state index < -0.39 is 18.1 Å². The Morgan fingerprint density at radius 2 is 2.33 bits per heavy atom. The van der Waals surface area contributed by atoms with E-state index in [2.05, 4.69) is 9.97 Å². The molecule has 3 rings (SSSR count). The Morgan fingerprint density at radius 3 is 3.06 bits per heavy atom. The van der Waals surface area contributed by atoms with Gasteiger partial charge in [0.15, 0.2) is 5.65 Å². The van der Waals surface area contributed by atoms with Crippen LogP contribution in [0.15, 0.2) is 24.7 Å². The van der Waals surface area contributed by atoms with E-state index >= 15 is 0 Å². The van der Waals surface area contributed by atoms with Gasteiger partial charge >= 0.3 is 0 Å². The number of aromatic nitrogens is 3. The van der Waals surface area contributed by atoms with Gasteiger partial charge in [-0.15, -0.1) is 0 Å². The number of aliphatic hydroxyl groups excluding tert-OH is 2. The van der Waals surface area contributed by atoms with Gasteiger partial charge in [-0.2, -0.15) is 0 Å². The Labute approximate surface area is 102 Å². The van der Waals surface area contributed by atoms with E-state index in [4.69, 9.17) is 9.84 Å². The Morgan fingerprint density at radius 1 is 1.50 bits per heavy atom. The summed E-state index contributed by atoms with van der Waals surface area (Å²) in [7, 11) is 0. The first-order valence-electron chi connectivity index (χ1n) is 5.62. The van der Waals surface area contributed by atoms with Gasteiger partial charge in [0.2, 0.25) is 0 Å². The van der Waals surface area contributed by atoms with Crippen molar-refractivity contribution in [2.45, 2.75) is 24.5 Å². The lowest BCUT2D eigenvalue weighted by Crippen LogP contribution is -2.33. The second-order valence-corrected chi connectivity index (χ2v) is 4.31. The minimum Gasteiger partial charge on any atom is -0.394 e. The zero-order chi connectivity index (χ0) is 12.8. The van der Waals surface area contributed by atoms with Gasteiger partial charge in [-0.05, 0) is 12.1 Å². The van der Waals surface area contributed by atoms with Crippen LogP contribution in [0.4, 0.5) is 0 Å². The highest BCUT2D eigenvalue weighted by Crippen LogP contribution is 2.34. The van der Waals surface area contributed by atoms with Crippen molar-refractivity contribution < 1.29 is 20.1 Å². The molecule has 3 heterocycles. The summed E-state index contributed by atoms with van der Waals surface area (Å²) in [5, 5.41) is 29.2. The second kappa shape index (κ2) is 3.99. The van der Waals surface area contributed by atoms with E-state index in [0.717, 1.165) is 0 Å². The lowest BCUT2D eigenvalue weighted by atomic mass is 10.2. The van der Waals surface area contributed by atoms with Crippen LogP contribution in [-0.4, -0.2) is 48.7 Å². The molecule has 0 saturated carbocycles. The lowest BCUT2D eigenvalue weighted by Gasteiger charge is -2.24. The second-order valence-electron chi connectivity index (χ2n) is 4.31. The van der Waals surface area contributed by atoms with Crippen LogP contribution in [0.25, 0.3) is 11.2 Å². The summed E-state index contributed by atoms with van der Waals surface area (Å²) in [6.07, 6.45) is 1.26. The van der Waals surface area contributed by atoms with Gasteiger partial charge < -0.3 is 20.1 Å². The van der Waals surface area contributed by atoms with Crippen LogP contribution in [-0.2, 0) is 10.6 Å². The molecule has 7 heteroatoms. The van der Waals surface area contributed by atoms with Gasteiger partial charge in [-0.3, -0.25) is 4.57 Å². The van der Waals surface area contributed by atoms with E-state index in [0.29, 0.717) is 11.2 Å². The zero-order valence-corrected chi connectivity index (χ0v) is 9.47. The number of pyridine rings is 1. The average molecular weight is 251 g/mol. The maximum Gasteiger partial charge on any atom is 0.257 e. The third kappa shape index (κ3) is 1.60. The number of hydrogen-bond acceptors (Lipinski definition) is 6. The number of aliphatic hydroxyl groups is 3. The minimum atomic E-state index is -1.70. The van der Waals surface area contributed by atoms with Crippen molar-refractivity contribution in [3.05, 3.63) is 24.7 Å². The number of fused-ring (bicyclic) bond motifs is 1. The molecular formula is C11H13N3O4. The summed E-state index contributed by atoms with van der Waals surface area (Å²) in [6, 6.07) is 3.47. The molecule has 18 heavy (non-hydrogen) atoms. The fraction of sp³-hybridized carbons (Fsp3) is 0.455. The molecule has 2 aromatic heterocycles. The molecule has 1 fully saturated rings. The van der Waals surface area contributed by atoms with Crippen LogP contribution >= 0.6 is 0 Å². The van der Waals surface area contributed by atoms with E-state index in [9.17, 15) is 10.2 Å². The quantitative estimate of drug-likeness (QED) is 0.644. The Balaban J connectivity index is 2.04. The van der Waals surface area contributed by atoms with Crippen molar-refractivity contribution in [1.29, 1.82) is 0 Å². The molecule has 96 valence electrons. The predicted molar refractivity (Wildman–Crippen MR) is 60.3 cm³/mol. The van der Waals surface area contributed by atoms with Crippen LogP contribution < -0.4 is 0 Å². The van der Waals surface area contributed by atoms with Gasteiger partial charge in [0.25, 0.3) is 5.91 Å². The zero-order valence-electron chi connectivity index (χ0n) is 9.47. The van der Waals surface area contributed by atoms with Crippen LogP contribution in [0.3, 0.4) is 0 Å². The number of rotatable bonds is 2. The molecule has 1 saturated heterocycles. The maximum absolute atomic E-state index is 10.4. The Kier molecular flexibility index (Phi) is 2.56. The fourth-order valence-corrected chi connectivity index (χ4v) is 2.22. The third-order valence-corrected chi connectivity index (χ3v) is 3.12. The number of imidazole rings is 1. The van der Waals surface area contributed by atoms with Crippen molar-refractivity contribution in [3.63, 3.8) is 0 Å². The molecule has 2 aromatic rings. The van der Waals surface area contributed by atoms with Crippen molar-refractivity contribution in [3.8, 4) is 0 Å². The summed E-state index contributed by atoms with van der Waals surface area (Å²) in [6.45, 7) is -0.353. The Bertz CT molecular complexity index is 572. The minimum absolute atomic E-state index is 0.0292. The number of ether oxygens (including phenoxy) is 1. The summed E-state index contributed by atoms with van der Waals surface area (Å²) in [5.41, 5.74) is 1.09. The monoisotopic (exact) mass is 251 g/mol. The first kappa shape index (κ1) is 11.5. The van der Waals surface area contributed by atoms with Gasteiger partial charge in [0, 0.05) is 6.20 Å². The average Bonchev–Trinajstić information content (AvgIpc) is 2.91. The molecular weight excluding hydrogens is 238 g/mol. The van der Waals surface area contributed by atoms with Crippen molar-refractivity contribution in [2.24, 2.45) is 0 Å². The maximum atomic E-state index is 10.4. The van der Waals surface area contributed by atoms with E-state index in [-0.39, 0.29) is 13.0 Å². The summed E-state index contributed by atoms with van der Waals surface area (Å²) >= 11 is 0. The highest BCUT2D eigenvalue weighted by molar-refractivity contribution is 5.70. The molecule has 1 aliphatic rings. The van der Waals surface area contributed by atoms with Crippen LogP contribution in [0.1, 0.15) is 6.42 Å². The Hall–Kier alpha value is -1.54. The van der Waals surface area contributed by atoms with Gasteiger partial charge in [0.05, 0.1) is 24.6 Å². The van der Waals surface area contributed by atoms with Gasteiger partial charge in [-0.1, -0.05) is 0 Å². The molecule has 0 aliphatic carbocycles. The van der Waals surface area contributed by atoms with Crippen molar-refractivity contribution in [1.82, 2.24) is 14.5 Å². The van der Waals surface area contributed by atoms with E-state index in [1.807, 2.05) is 0 Å². The third-order valence-electron chi connectivity index (χ3n) is 3.12. The van der Waals surface area contributed by atoms with E-state index in [1.165, 1.54) is 10.9 Å². The molecule has 0 spiro atoms. The van der Waals surface area contributed by atoms with Crippen LogP contribution in [0, 0.1) is 0 Å². The van der Waals surface area contributed by atoms with Gasteiger partial charge in [-0.25, -0.2) is 9.97 Å². The number of hydrogen-bond donors (Lipinski definition) is 3. The normalized spacial score (nSPS) is 32.2. The molecule has 3 N–H and O–H groups in total. The molecule has 0 amide bonds. The molecule has 0 unspecified atom stereocenters. The topological polar surface area (TPSA) is 101 Å². The predicted octanol–water partition coefficient (Wildman–Crippen LogP) is -0.824. The first-order valence-corrected chi connectivity index (χ1v) is 5.62. The largest absolute Gasteiger partial charge is 0.394 e. The standard InChI is InChI=1S/C11H13N3O4/c15-5-9-8(16)4-11(17,18-9)14-6-13-10-7(14)2-1-3-12-10/h1-3,6,8-9,15-17H,4-5H2/t8-,9+,11-/m0/s1. The fourth-order valence-electron chi connectivity index (χ4n) is 2.22. The molecule has 7 nitrogen and oxygen atoms in total. The molecule has 0 radical (unpaired) electrons. The van der Waals surface area contributed by atoms with Gasteiger partial charge in [0.1, 0.15) is 12.4 Å². The summed E-state index contributed by atoms with van der Waals surface area (Å²) in [4.78, 5) is 8.10. The summed E-state index contributed by atoms with van der Waals surface area (Å²) in [5.74, 6) is -1.70. The molecule has 0 aromatic carbocycles. The highest BCUT2D eigenvalue weighted by atomic mass is 16.7. The van der Waals surface area contributed by atoms with E-state index in [1.54, 1.807) is 18.3 Å². The van der Waals surface area contributed by atoms with Crippen molar-refractivity contribution >= 4 is 11.2 Å². The highest BCUT2D eigenvalue weighted by Gasteiger charge is 2.46. The molecule has 0 bridgehead atoms. The van der Waals surface area contributed by atoms with Crippen LogP contribution in [0.2, 0.25) is 0 Å². The van der Waals surface area contributed by atoms with Crippen molar-refractivity contribution in [2.75, 3.05) is 6.61 Å². The smallest absolute Gasteiger partial charge is 0.257 e. The SMILES string of the molecule is OC[C@H]1O[C@](O)(n2cnc3ncccc32)C[C@@H]1O. The van der Waals surface area contributed by atoms with Crippen LogP contribution in [0.5, 0.6) is 0 Å². The molecule has 3 atom stereocenters. The first-order chi connectivity index (χ1) is 8.64. The number of nitrogens with zero attached hydrogens (tertiary/aromatic N) is 3. The summed E-state index contributed by atoms with van der Waals surface area (Å²) < 4.78 is 6.72. The molecule has 1 aliphatic heterocycles. The lowest BCUT2D eigenvalue weighted by molar-refractivity contribution is -0.254.